The Hall–Kier alpha value is -2.00. The van der Waals surface area contributed by atoms with Crippen molar-refractivity contribution in [1.29, 1.82) is 0 Å². The van der Waals surface area contributed by atoms with E-state index >= 15 is 0 Å². The number of aryl methyl sites for hydroxylation is 1. The van der Waals surface area contributed by atoms with Crippen LogP contribution in [0.4, 0.5) is 0 Å². The van der Waals surface area contributed by atoms with Crippen molar-refractivity contribution in [1.82, 2.24) is 0 Å². The number of hydrogen-bond donors (Lipinski definition) is 1. The summed E-state index contributed by atoms with van der Waals surface area (Å²) in [5.74, 6) is 1.44. The molecule has 0 aromatic heterocycles. The second kappa shape index (κ2) is 6.25. The molecule has 19 heavy (non-hydrogen) atoms. The molecular weight excluding hydrogens is 238 g/mol. The number of ether oxygens (including phenoxy) is 2. The Morgan fingerprint density at radius 3 is 2.47 bits per heavy atom. The molecule has 1 atom stereocenters. The normalized spacial score (nSPS) is 11.9. The molecule has 1 unspecified atom stereocenters. The van der Waals surface area contributed by atoms with Gasteiger partial charge in [0.2, 0.25) is 0 Å². The Kier molecular flexibility index (Phi) is 4.42. The molecule has 0 aliphatic rings. The van der Waals surface area contributed by atoms with Gasteiger partial charge in [-0.2, -0.15) is 0 Å². The maximum Gasteiger partial charge on any atom is 0.161 e. The topological polar surface area (TPSA) is 44.5 Å². The first-order chi connectivity index (χ1) is 9.20. The van der Waals surface area contributed by atoms with Gasteiger partial charge in [0.1, 0.15) is 6.61 Å². The average molecular weight is 257 g/mol. The van der Waals surface area contributed by atoms with Crippen molar-refractivity contribution < 1.29 is 9.47 Å². The van der Waals surface area contributed by atoms with Crippen LogP contribution in [0.5, 0.6) is 11.5 Å². The zero-order valence-corrected chi connectivity index (χ0v) is 11.3. The summed E-state index contributed by atoms with van der Waals surface area (Å²) in [6, 6.07) is 15.6. The molecule has 0 spiro atoms. The van der Waals surface area contributed by atoms with Crippen molar-refractivity contribution in [3.63, 3.8) is 0 Å². The molecule has 0 amide bonds. The second-order valence-corrected chi connectivity index (χ2v) is 4.48. The van der Waals surface area contributed by atoms with E-state index in [-0.39, 0.29) is 6.04 Å². The zero-order valence-electron chi connectivity index (χ0n) is 11.3. The van der Waals surface area contributed by atoms with Gasteiger partial charge in [0.05, 0.1) is 13.2 Å². The third kappa shape index (κ3) is 3.48. The minimum Gasteiger partial charge on any atom is -0.493 e. The van der Waals surface area contributed by atoms with Gasteiger partial charge in [-0.3, -0.25) is 0 Å². The lowest BCUT2D eigenvalue weighted by Crippen LogP contribution is -2.19. The van der Waals surface area contributed by atoms with Crippen LogP contribution in [0, 0.1) is 6.92 Å². The summed E-state index contributed by atoms with van der Waals surface area (Å²) < 4.78 is 11.0. The molecule has 0 aliphatic heterocycles. The lowest BCUT2D eigenvalue weighted by molar-refractivity contribution is 0.273. The van der Waals surface area contributed by atoms with Crippen molar-refractivity contribution in [3.05, 3.63) is 59.7 Å². The maximum absolute atomic E-state index is 6.14. The van der Waals surface area contributed by atoms with Crippen LogP contribution in [0.25, 0.3) is 0 Å². The lowest BCUT2D eigenvalue weighted by Gasteiger charge is -2.15. The van der Waals surface area contributed by atoms with E-state index in [9.17, 15) is 0 Å². The van der Waals surface area contributed by atoms with Crippen LogP contribution in [0.2, 0.25) is 0 Å². The molecule has 0 saturated heterocycles. The van der Waals surface area contributed by atoms with Crippen LogP contribution in [-0.4, -0.2) is 13.7 Å². The summed E-state index contributed by atoms with van der Waals surface area (Å²) in [7, 11) is 1.63. The Bertz CT molecular complexity index is 540. The predicted molar refractivity (Wildman–Crippen MR) is 76.6 cm³/mol. The van der Waals surface area contributed by atoms with E-state index in [4.69, 9.17) is 15.2 Å². The molecule has 3 nitrogen and oxygen atoms in total. The van der Waals surface area contributed by atoms with E-state index in [0.717, 1.165) is 11.3 Å². The van der Waals surface area contributed by atoms with Gasteiger partial charge in [-0.15, -0.1) is 0 Å². The SMILES string of the molecule is COc1ccccc1OCC(N)c1cccc(C)c1. The van der Waals surface area contributed by atoms with Crippen molar-refractivity contribution in [2.24, 2.45) is 5.73 Å². The number of nitrogens with two attached hydrogens (primary N) is 1. The zero-order chi connectivity index (χ0) is 13.7. The minimum absolute atomic E-state index is 0.148. The van der Waals surface area contributed by atoms with Gasteiger partial charge in [-0.1, -0.05) is 42.0 Å². The number of rotatable bonds is 5. The fourth-order valence-corrected chi connectivity index (χ4v) is 1.91. The van der Waals surface area contributed by atoms with E-state index in [1.54, 1.807) is 7.11 Å². The van der Waals surface area contributed by atoms with Crippen molar-refractivity contribution in [3.8, 4) is 11.5 Å². The molecule has 2 N–H and O–H groups in total. The largest absolute Gasteiger partial charge is 0.493 e. The van der Waals surface area contributed by atoms with E-state index in [1.807, 2.05) is 36.4 Å². The van der Waals surface area contributed by atoms with Crippen molar-refractivity contribution in [2.75, 3.05) is 13.7 Å². The highest BCUT2D eigenvalue weighted by Crippen LogP contribution is 2.26. The molecule has 2 rings (SSSR count). The van der Waals surface area contributed by atoms with Gasteiger partial charge < -0.3 is 15.2 Å². The number of para-hydroxylation sites is 2. The van der Waals surface area contributed by atoms with Crippen LogP contribution in [-0.2, 0) is 0 Å². The summed E-state index contributed by atoms with van der Waals surface area (Å²) in [4.78, 5) is 0. The quantitative estimate of drug-likeness (QED) is 0.895. The summed E-state index contributed by atoms with van der Waals surface area (Å²) in [6.07, 6.45) is 0. The maximum atomic E-state index is 6.14. The van der Waals surface area contributed by atoms with Crippen molar-refractivity contribution in [2.45, 2.75) is 13.0 Å². The fourth-order valence-electron chi connectivity index (χ4n) is 1.91. The summed E-state index contributed by atoms with van der Waals surface area (Å²) in [5, 5.41) is 0. The Morgan fingerprint density at radius 2 is 1.79 bits per heavy atom. The average Bonchev–Trinajstić information content (AvgIpc) is 2.45. The van der Waals surface area contributed by atoms with Gasteiger partial charge >= 0.3 is 0 Å². The monoisotopic (exact) mass is 257 g/mol. The van der Waals surface area contributed by atoms with Gasteiger partial charge in [0, 0.05) is 0 Å². The Balaban J connectivity index is 2.02. The molecule has 2 aromatic carbocycles. The van der Waals surface area contributed by atoms with E-state index in [2.05, 4.69) is 19.1 Å². The van der Waals surface area contributed by atoms with E-state index in [0.29, 0.717) is 12.4 Å². The molecule has 0 fully saturated rings. The second-order valence-electron chi connectivity index (χ2n) is 4.48. The molecule has 0 aliphatic carbocycles. The molecule has 0 bridgehead atoms. The number of hydrogen-bond acceptors (Lipinski definition) is 3. The summed E-state index contributed by atoms with van der Waals surface area (Å²) in [6.45, 7) is 2.47. The molecule has 0 heterocycles. The number of methoxy groups -OCH3 is 1. The lowest BCUT2D eigenvalue weighted by atomic mass is 10.1. The molecule has 3 heteroatoms. The third-order valence-corrected chi connectivity index (χ3v) is 2.96. The highest BCUT2D eigenvalue weighted by Gasteiger charge is 2.09. The van der Waals surface area contributed by atoms with Gasteiger partial charge in [-0.05, 0) is 24.6 Å². The minimum atomic E-state index is -0.148. The third-order valence-electron chi connectivity index (χ3n) is 2.96. The predicted octanol–water partition coefficient (Wildman–Crippen LogP) is 3.08. The highest BCUT2D eigenvalue weighted by molar-refractivity contribution is 5.39. The Morgan fingerprint density at radius 1 is 1.05 bits per heavy atom. The van der Waals surface area contributed by atoms with E-state index in [1.165, 1.54) is 5.56 Å². The standard InChI is InChI=1S/C16H19NO2/c1-12-6-5-7-13(10-12)14(17)11-19-16-9-4-3-8-15(16)18-2/h3-10,14H,11,17H2,1-2H3. The van der Waals surface area contributed by atoms with Gasteiger partial charge in [0.25, 0.3) is 0 Å². The highest BCUT2D eigenvalue weighted by atomic mass is 16.5. The van der Waals surface area contributed by atoms with Crippen LogP contribution < -0.4 is 15.2 Å². The molecule has 0 saturated carbocycles. The molecular formula is C16H19NO2. The van der Waals surface area contributed by atoms with Crippen LogP contribution in [0.15, 0.2) is 48.5 Å². The molecule has 100 valence electrons. The first-order valence-corrected chi connectivity index (χ1v) is 6.28. The smallest absolute Gasteiger partial charge is 0.161 e. The number of benzene rings is 2. The van der Waals surface area contributed by atoms with E-state index < -0.39 is 0 Å². The first-order valence-electron chi connectivity index (χ1n) is 6.28. The molecule has 2 aromatic rings. The summed E-state index contributed by atoms with van der Waals surface area (Å²) in [5.41, 5.74) is 8.42. The fraction of sp³-hybridized carbons (Fsp3) is 0.250. The summed E-state index contributed by atoms with van der Waals surface area (Å²) >= 11 is 0. The first kappa shape index (κ1) is 13.4. The van der Waals surface area contributed by atoms with Crippen LogP contribution >= 0.6 is 0 Å². The Labute approximate surface area is 114 Å². The van der Waals surface area contributed by atoms with Gasteiger partial charge in [-0.25, -0.2) is 0 Å². The van der Waals surface area contributed by atoms with Crippen molar-refractivity contribution >= 4 is 0 Å². The van der Waals surface area contributed by atoms with Gasteiger partial charge in [0.15, 0.2) is 11.5 Å². The van der Waals surface area contributed by atoms with Crippen LogP contribution in [0.3, 0.4) is 0 Å². The molecule has 0 radical (unpaired) electrons. The van der Waals surface area contributed by atoms with Crippen LogP contribution in [0.1, 0.15) is 17.2 Å².